The van der Waals surface area contributed by atoms with Gasteiger partial charge in [0, 0.05) is 18.3 Å². The molecule has 0 bridgehead atoms. The summed E-state index contributed by atoms with van der Waals surface area (Å²) in [6.07, 6.45) is 0.211. The lowest BCUT2D eigenvalue weighted by atomic mass is 10.1. The SMILES string of the molecule is O=C(NCc1ccccc1)O[C@@H]1CO[C@H]2[C@@H]1OC[C@@H]2Nc1nccc(-c2ccccc2)n1. The highest BCUT2D eigenvalue weighted by Gasteiger charge is 2.49. The molecule has 2 aliphatic heterocycles. The molecule has 0 radical (unpaired) electrons. The summed E-state index contributed by atoms with van der Waals surface area (Å²) in [7, 11) is 0. The van der Waals surface area contributed by atoms with E-state index in [2.05, 4.69) is 20.6 Å². The van der Waals surface area contributed by atoms with Gasteiger partial charge in [-0.05, 0) is 11.6 Å². The molecule has 3 heterocycles. The lowest BCUT2D eigenvalue weighted by Crippen LogP contribution is -2.39. The van der Waals surface area contributed by atoms with Crippen LogP contribution in [0.25, 0.3) is 11.3 Å². The van der Waals surface area contributed by atoms with E-state index < -0.39 is 12.2 Å². The minimum absolute atomic E-state index is 0.132. The Morgan fingerprint density at radius 3 is 2.53 bits per heavy atom. The van der Waals surface area contributed by atoms with Crippen LogP contribution in [-0.2, 0) is 20.8 Å². The Hall–Kier alpha value is -3.49. The Kier molecular flexibility index (Phi) is 5.96. The zero-order chi connectivity index (χ0) is 21.8. The summed E-state index contributed by atoms with van der Waals surface area (Å²) in [6.45, 7) is 1.11. The zero-order valence-corrected chi connectivity index (χ0v) is 17.4. The molecule has 32 heavy (non-hydrogen) atoms. The van der Waals surface area contributed by atoms with Crippen molar-refractivity contribution in [2.24, 2.45) is 0 Å². The van der Waals surface area contributed by atoms with Crippen LogP contribution in [0.15, 0.2) is 72.9 Å². The van der Waals surface area contributed by atoms with Crippen LogP contribution in [0, 0.1) is 0 Å². The van der Waals surface area contributed by atoms with Gasteiger partial charge < -0.3 is 24.8 Å². The zero-order valence-electron chi connectivity index (χ0n) is 17.4. The molecule has 2 N–H and O–H groups in total. The summed E-state index contributed by atoms with van der Waals surface area (Å²) in [5.74, 6) is 0.508. The first-order chi connectivity index (χ1) is 15.8. The predicted octanol–water partition coefficient (Wildman–Crippen LogP) is 3.02. The van der Waals surface area contributed by atoms with E-state index in [1.165, 1.54) is 0 Å². The van der Waals surface area contributed by atoms with Crippen LogP contribution >= 0.6 is 0 Å². The van der Waals surface area contributed by atoms with E-state index >= 15 is 0 Å². The average molecular weight is 432 g/mol. The summed E-state index contributed by atoms with van der Waals surface area (Å²) < 4.78 is 17.4. The number of fused-ring (bicyclic) bond motifs is 1. The first-order valence-electron chi connectivity index (χ1n) is 10.6. The van der Waals surface area contributed by atoms with Crippen molar-refractivity contribution in [3.8, 4) is 11.3 Å². The van der Waals surface area contributed by atoms with E-state index in [1.807, 2.05) is 66.7 Å². The summed E-state index contributed by atoms with van der Waals surface area (Å²) in [5, 5.41) is 6.09. The summed E-state index contributed by atoms with van der Waals surface area (Å²) in [4.78, 5) is 21.2. The molecule has 1 amide bonds. The van der Waals surface area contributed by atoms with E-state index in [4.69, 9.17) is 14.2 Å². The van der Waals surface area contributed by atoms with Crippen LogP contribution < -0.4 is 10.6 Å². The maximum absolute atomic E-state index is 12.2. The van der Waals surface area contributed by atoms with Crippen molar-refractivity contribution >= 4 is 12.0 Å². The maximum atomic E-state index is 12.2. The van der Waals surface area contributed by atoms with Crippen molar-refractivity contribution in [2.45, 2.75) is 30.9 Å². The van der Waals surface area contributed by atoms with Crippen molar-refractivity contribution < 1.29 is 19.0 Å². The second-order valence-corrected chi connectivity index (χ2v) is 7.76. The average Bonchev–Trinajstić information content (AvgIpc) is 3.42. The van der Waals surface area contributed by atoms with E-state index in [9.17, 15) is 4.79 Å². The van der Waals surface area contributed by atoms with Gasteiger partial charge in [-0.1, -0.05) is 60.7 Å². The third kappa shape index (κ3) is 4.56. The molecule has 4 atom stereocenters. The van der Waals surface area contributed by atoms with E-state index in [0.29, 0.717) is 19.1 Å². The minimum Gasteiger partial charge on any atom is -0.441 e. The number of hydrogen-bond acceptors (Lipinski definition) is 7. The number of anilines is 1. The second kappa shape index (κ2) is 9.33. The molecule has 0 unspecified atom stereocenters. The fourth-order valence-corrected chi connectivity index (χ4v) is 4.00. The highest BCUT2D eigenvalue weighted by Crippen LogP contribution is 2.30. The lowest BCUT2D eigenvalue weighted by Gasteiger charge is -2.18. The Bertz CT molecular complexity index is 1050. The van der Waals surface area contributed by atoms with E-state index in [-0.39, 0.29) is 24.9 Å². The number of alkyl carbamates (subject to hydrolysis) is 1. The van der Waals surface area contributed by atoms with Gasteiger partial charge in [0.05, 0.1) is 24.9 Å². The number of nitrogens with one attached hydrogen (secondary N) is 2. The van der Waals surface area contributed by atoms with Gasteiger partial charge >= 0.3 is 6.09 Å². The van der Waals surface area contributed by atoms with Gasteiger partial charge in [-0.25, -0.2) is 14.8 Å². The number of amides is 1. The highest BCUT2D eigenvalue weighted by molar-refractivity contribution is 5.67. The number of benzene rings is 2. The molecule has 5 rings (SSSR count). The normalized spacial score (nSPS) is 24.0. The molecule has 0 spiro atoms. The number of ether oxygens (including phenoxy) is 3. The fourth-order valence-electron chi connectivity index (χ4n) is 4.00. The van der Waals surface area contributed by atoms with E-state index in [0.717, 1.165) is 16.8 Å². The molecule has 2 aliphatic rings. The molecule has 2 fully saturated rings. The number of nitrogens with zero attached hydrogens (tertiary/aromatic N) is 2. The van der Waals surface area contributed by atoms with Gasteiger partial charge in [0.1, 0.15) is 12.2 Å². The van der Waals surface area contributed by atoms with Crippen LogP contribution in [0.2, 0.25) is 0 Å². The molecular formula is C24H24N4O4. The lowest BCUT2D eigenvalue weighted by molar-refractivity contribution is 0.00431. The smallest absolute Gasteiger partial charge is 0.407 e. The highest BCUT2D eigenvalue weighted by atomic mass is 16.6. The van der Waals surface area contributed by atoms with Gasteiger partial charge in [0.15, 0.2) is 6.10 Å². The van der Waals surface area contributed by atoms with Crippen LogP contribution in [0.5, 0.6) is 0 Å². The molecule has 0 aliphatic carbocycles. The van der Waals surface area contributed by atoms with Crippen LogP contribution in [0.3, 0.4) is 0 Å². The van der Waals surface area contributed by atoms with Gasteiger partial charge in [-0.2, -0.15) is 0 Å². The molecule has 3 aromatic rings. The van der Waals surface area contributed by atoms with Gasteiger partial charge in [-0.3, -0.25) is 0 Å². The number of hydrogen-bond donors (Lipinski definition) is 2. The Labute approximate surface area is 185 Å². The summed E-state index contributed by atoms with van der Waals surface area (Å²) in [6, 6.07) is 21.3. The second-order valence-electron chi connectivity index (χ2n) is 7.76. The number of aromatic nitrogens is 2. The molecule has 8 nitrogen and oxygen atoms in total. The molecular weight excluding hydrogens is 408 g/mol. The molecule has 2 aromatic carbocycles. The first-order valence-corrected chi connectivity index (χ1v) is 10.6. The van der Waals surface area contributed by atoms with Crippen molar-refractivity contribution in [3.05, 3.63) is 78.5 Å². The van der Waals surface area contributed by atoms with Gasteiger partial charge in [0.2, 0.25) is 5.95 Å². The van der Waals surface area contributed by atoms with Gasteiger partial charge in [-0.15, -0.1) is 0 Å². The number of carbonyl (C=O) groups is 1. The maximum Gasteiger partial charge on any atom is 0.407 e. The Balaban J connectivity index is 1.16. The monoisotopic (exact) mass is 432 g/mol. The van der Waals surface area contributed by atoms with Crippen molar-refractivity contribution in [2.75, 3.05) is 18.5 Å². The molecule has 8 heteroatoms. The predicted molar refractivity (Wildman–Crippen MR) is 118 cm³/mol. The summed E-state index contributed by atoms with van der Waals surface area (Å²) >= 11 is 0. The standard InChI is InChI=1S/C24H24N4O4/c29-24(26-13-16-7-3-1-4-8-16)32-20-15-31-21-19(14-30-22(20)21)28-23-25-12-11-18(27-23)17-9-5-2-6-10-17/h1-12,19-22H,13-15H2,(H,26,29)(H,25,27,28)/t19-,20+,21+,22+/m0/s1. The third-order valence-electron chi connectivity index (χ3n) is 5.59. The van der Waals surface area contributed by atoms with Crippen molar-refractivity contribution in [1.29, 1.82) is 0 Å². The van der Waals surface area contributed by atoms with Crippen molar-refractivity contribution in [1.82, 2.24) is 15.3 Å². The molecule has 0 saturated carbocycles. The van der Waals surface area contributed by atoms with E-state index in [1.54, 1.807) is 6.20 Å². The molecule has 164 valence electrons. The quantitative estimate of drug-likeness (QED) is 0.618. The van der Waals surface area contributed by atoms with Gasteiger partial charge in [0.25, 0.3) is 0 Å². The van der Waals surface area contributed by atoms with Crippen LogP contribution in [0.1, 0.15) is 5.56 Å². The van der Waals surface area contributed by atoms with Crippen molar-refractivity contribution in [3.63, 3.8) is 0 Å². The largest absolute Gasteiger partial charge is 0.441 e. The van der Waals surface area contributed by atoms with Crippen LogP contribution in [-0.4, -0.2) is 53.6 Å². The number of carbonyl (C=O) groups excluding carboxylic acids is 1. The Morgan fingerprint density at radius 1 is 0.969 bits per heavy atom. The fraction of sp³-hybridized carbons (Fsp3) is 0.292. The number of rotatable bonds is 6. The topological polar surface area (TPSA) is 94.6 Å². The molecule has 1 aromatic heterocycles. The molecule has 2 saturated heterocycles. The minimum atomic E-state index is -0.484. The Morgan fingerprint density at radius 2 is 1.72 bits per heavy atom. The summed E-state index contributed by atoms with van der Waals surface area (Å²) in [5.41, 5.74) is 2.86. The first kappa shape index (κ1) is 20.4. The van der Waals surface area contributed by atoms with Crippen LogP contribution in [0.4, 0.5) is 10.7 Å². The third-order valence-corrected chi connectivity index (χ3v) is 5.59.